The molecule has 170 valence electrons. The first kappa shape index (κ1) is 23.1. The molecule has 0 unspecified atom stereocenters. The summed E-state index contributed by atoms with van der Waals surface area (Å²) in [5.74, 6) is 1.86. The highest BCUT2D eigenvalue weighted by Gasteiger charge is 2.29. The monoisotopic (exact) mass is 440 g/mol. The van der Waals surface area contributed by atoms with Crippen LogP contribution in [0.5, 0.6) is 0 Å². The van der Waals surface area contributed by atoms with Gasteiger partial charge in [-0.2, -0.15) is 4.31 Å². The summed E-state index contributed by atoms with van der Waals surface area (Å²) in [6.45, 7) is 6.95. The van der Waals surface area contributed by atoms with Gasteiger partial charge in [0.1, 0.15) is 5.76 Å². The molecule has 2 fully saturated rings. The summed E-state index contributed by atoms with van der Waals surface area (Å²) in [5, 5.41) is 3.62. The van der Waals surface area contributed by atoms with Gasteiger partial charge in [-0.25, -0.2) is 8.42 Å². The van der Waals surface area contributed by atoms with Gasteiger partial charge in [-0.15, -0.1) is 0 Å². The van der Waals surface area contributed by atoms with E-state index in [0.717, 1.165) is 18.1 Å². The fourth-order valence-electron chi connectivity index (χ4n) is 3.91. The van der Waals surface area contributed by atoms with Crippen molar-refractivity contribution < 1.29 is 17.6 Å². The summed E-state index contributed by atoms with van der Waals surface area (Å²) < 4.78 is 37.6. The molecular formula is C21H36N4O4S. The molecule has 1 saturated carbocycles. The molecule has 1 aromatic rings. The molecule has 30 heavy (non-hydrogen) atoms. The van der Waals surface area contributed by atoms with E-state index in [9.17, 15) is 8.42 Å². The van der Waals surface area contributed by atoms with Gasteiger partial charge in [0.15, 0.2) is 5.96 Å². The summed E-state index contributed by atoms with van der Waals surface area (Å²) in [6.07, 6.45) is 7.32. The first-order valence-electron chi connectivity index (χ1n) is 11.1. The zero-order valence-electron chi connectivity index (χ0n) is 18.3. The normalized spacial score (nSPS) is 19.7. The number of aliphatic imine (C=N–C) groups is 1. The van der Waals surface area contributed by atoms with Crippen molar-refractivity contribution in [1.29, 1.82) is 0 Å². The van der Waals surface area contributed by atoms with E-state index in [4.69, 9.17) is 14.1 Å². The number of hydrogen-bond donors (Lipinski definition) is 1. The molecule has 0 amide bonds. The predicted molar refractivity (Wildman–Crippen MR) is 118 cm³/mol. The van der Waals surface area contributed by atoms with E-state index in [2.05, 4.69) is 10.2 Å². The summed E-state index contributed by atoms with van der Waals surface area (Å²) in [5.41, 5.74) is 0. The minimum absolute atomic E-state index is 0.0373. The molecular weight excluding hydrogens is 404 g/mol. The predicted octanol–water partition coefficient (Wildman–Crippen LogP) is 2.08. The molecule has 1 N–H and O–H groups in total. The first-order valence-corrected chi connectivity index (χ1v) is 12.7. The quantitative estimate of drug-likeness (QED) is 0.467. The van der Waals surface area contributed by atoms with Gasteiger partial charge in [0.2, 0.25) is 10.0 Å². The smallest absolute Gasteiger partial charge is 0.216 e. The number of nitrogens with one attached hydrogen (secondary N) is 1. The maximum Gasteiger partial charge on any atom is 0.216 e. The van der Waals surface area contributed by atoms with Crippen LogP contribution in [0.1, 0.15) is 45.3 Å². The van der Waals surface area contributed by atoms with Crippen LogP contribution in [0.4, 0.5) is 0 Å². The lowest BCUT2D eigenvalue weighted by Crippen LogP contribution is -2.55. The fraction of sp³-hybridized carbons (Fsp3) is 0.762. The highest BCUT2D eigenvalue weighted by molar-refractivity contribution is 7.89. The van der Waals surface area contributed by atoms with Crippen LogP contribution in [0.2, 0.25) is 0 Å². The molecule has 0 spiro atoms. The van der Waals surface area contributed by atoms with Gasteiger partial charge in [0, 0.05) is 45.2 Å². The molecule has 8 nitrogen and oxygen atoms in total. The van der Waals surface area contributed by atoms with Crippen LogP contribution in [0.3, 0.4) is 0 Å². The van der Waals surface area contributed by atoms with Crippen molar-refractivity contribution in [3.63, 3.8) is 0 Å². The molecule has 0 aromatic carbocycles. The van der Waals surface area contributed by atoms with Crippen LogP contribution in [0.15, 0.2) is 27.8 Å². The van der Waals surface area contributed by atoms with E-state index in [1.165, 1.54) is 25.7 Å². The summed E-state index contributed by atoms with van der Waals surface area (Å²) in [7, 11) is -3.29. The minimum Gasteiger partial charge on any atom is -0.469 e. The van der Waals surface area contributed by atoms with E-state index in [0.29, 0.717) is 38.8 Å². The molecule has 2 heterocycles. The summed E-state index contributed by atoms with van der Waals surface area (Å²) in [6, 6.07) is 4.32. The van der Waals surface area contributed by atoms with E-state index < -0.39 is 10.0 Å². The number of rotatable bonds is 9. The minimum atomic E-state index is -3.29. The number of nitrogens with zero attached hydrogens (tertiary/aromatic N) is 3. The highest BCUT2D eigenvalue weighted by atomic mass is 32.2. The molecule has 1 aromatic heterocycles. The van der Waals surface area contributed by atoms with Crippen molar-refractivity contribution in [1.82, 2.24) is 14.5 Å². The molecule has 1 aliphatic heterocycles. The highest BCUT2D eigenvalue weighted by Crippen LogP contribution is 2.18. The second-order valence-electron chi connectivity index (χ2n) is 8.28. The van der Waals surface area contributed by atoms with Crippen LogP contribution < -0.4 is 5.32 Å². The average molecular weight is 441 g/mol. The van der Waals surface area contributed by atoms with Gasteiger partial charge in [0.05, 0.1) is 24.7 Å². The SMILES string of the molecule is CC(C)OCCS(=O)(=O)N1CCN(C(=NCCc2ccco2)NC2CCCC2)CC1. The van der Waals surface area contributed by atoms with Crippen molar-refractivity contribution in [3.8, 4) is 0 Å². The Morgan fingerprint density at radius 1 is 1.27 bits per heavy atom. The van der Waals surface area contributed by atoms with E-state index in [-0.39, 0.29) is 18.5 Å². The van der Waals surface area contributed by atoms with Crippen molar-refractivity contribution in [2.45, 2.75) is 58.1 Å². The van der Waals surface area contributed by atoms with Gasteiger partial charge < -0.3 is 19.4 Å². The van der Waals surface area contributed by atoms with E-state index >= 15 is 0 Å². The second kappa shape index (κ2) is 11.2. The molecule has 2 aliphatic rings. The average Bonchev–Trinajstić information content (AvgIpc) is 3.41. The van der Waals surface area contributed by atoms with Crippen LogP contribution in [0.25, 0.3) is 0 Å². The Kier molecular flexibility index (Phi) is 8.59. The third-order valence-corrected chi connectivity index (χ3v) is 7.45. The van der Waals surface area contributed by atoms with Gasteiger partial charge in [0.25, 0.3) is 0 Å². The molecule has 0 radical (unpaired) electrons. The lowest BCUT2D eigenvalue weighted by atomic mass is 10.2. The summed E-state index contributed by atoms with van der Waals surface area (Å²) in [4.78, 5) is 7.02. The number of piperazine rings is 1. The standard InChI is InChI=1S/C21H36N4O4S/c1-18(2)28-16-17-30(26,27)25-13-11-24(12-14-25)21(23-19-6-3-4-7-19)22-10-9-20-8-5-15-29-20/h5,8,15,18-19H,3-4,6-7,9-14,16-17H2,1-2H3,(H,22,23). The first-order chi connectivity index (χ1) is 14.4. The number of furan rings is 1. The van der Waals surface area contributed by atoms with Crippen LogP contribution in [0, 0.1) is 0 Å². The van der Waals surface area contributed by atoms with Crippen LogP contribution >= 0.6 is 0 Å². The third kappa shape index (κ3) is 6.99. The van der Waals surface area contributed by atoms with Gasteiger partial charge in [-0.05, 0) is 38.8 Å². The van der Waals surface area contributed by atoms with Gasteiger partial charge >= 0.3 is 0 Å². The lowest BCUT2D eigenvalue weighted by Gasteiger charge is -2.36. The molecule has 0 atom stereocenters. The maximum atomic E-state index is 12.6. The Bertz CT molecular complexity index is 750. The van der Waals surface area contributed by atoms with Crippen LogP contribution in [-0.4, -0.2) is 80.8 Å². The van der Waals surface area contributed by atoms with E-state index in [1.54, 1.807) is 10.6 Å². The van der Waals surface area contributed by atoms with Gasteiger partial charge in [-0.1, -0.05) is 12.8 Å². The molecule has 0 bridgehead atoms. The van der Waals surface area contributed by atoms with Crippen LogP contribution in [-0.2, 0) is 21.2 Å². The van der Waals surface area contributed by atoms with Gasteiger partial charge in [-0.3, -0.25) is 4.99 Å². The molecule has 1 aliphatic carbocycles. The number of ether oxygens (including phenoxy) is 1. The topological polar surface area (TPSA) is 87.4 Å². The van der Waals surface area contributed by atoms with Crippen molar-refractivity contribution in [2.75, 3.05) is 45.1 Å². The second-order valence-corrected chi connectivity index (χ2v) is 10.4. The number of guanidine groups is 1. The summed E-state index contributed by atoms with van der Waals surface area (Å²) >= 11 is 0. The van der Waals surface area contributed by atoms with Crippen molar-refractivity contribution in [2.24, 2.45) is 4.99 Å². The molecule has 9 heteroatoms. The molecule has 1 saturated heterocycles. The zero-order chi connectivity index (χ0) is 21.4. The Balaban J connectivity index is 1.55. The van der Waals surface area contributed by atoms with Crippen molar-refractivity contribution >= 4 is 16.0 Å². The maximum absolute atomic E-state index is 12.6. The molecule has 3 rings (SSSR count). The lowest BCUT2D eigenvalue weighted by molar-refractivity contribution is 0.0904. The Hall–Kier alpha value is -1.58. The number of sulfonamides is 1. The Labute approximate surface area is 180 Å². The largest absolute Gasteiger partial charge is 0.469 e. The van der Waals surface area contributed by atoms with Crippen molar-refractivity contribution in [3.05, 3.63) is 24.2 Å². The Morgan fingerprint density at radius 2 is 2.00 bits per heavy atom. The third-order valence-electron chi connectivity index (χ3n) is 5.61. The van der Waals surface area contributed by atoms with E-state index in [1.807, 2.05) is 26.0 Å². The Morgan fingerprint density at radius 3 is 2.63 bits per heavy atom. The fourth-order valence-corrected chi connectivity index (χ4v) is 5.20. The number of hydrogen-bond acceptors (Lipinski definition) is 5. The zero-order valence-corrected chi connectivity index (χ0v) is 19.1.